The molecule has 0 bridgehead atoms. The van der Waals surface area contributed by atoms with Gasteiger partial charge in [0, 0.05) is 34.4 Å². The molecular formula is C59H50N2. The van der Waals surface area contributed by atoms with Gasteiger partial charge < -0.3 is 9.80 Å². The Bertz CT molecular complexity index is 2910. The number of rotatable bonds is 6. The third kappa shape index (κ3) is 6.17. The van der Waals surface area contributed by atoms with Crippen molar-refractivity contribution >= 4 is 28.3 Å². The van der Waals surface area contributed by atoms with E-state index in [1.54, 1.807) is 0 Å². The Morgan fingerprint density at radius 3 is 1.84 bits per heavy atom. The summed E-state index contributed by atoms with van der Waals surface area (Å²) in [6.45, 7) is 11.0. The van der Waals surface area contributed by atoms with Crippen LogP contribution in [-0.4, -0.2) is 0 Å². The number of hydrogen-bond donors (Lipinski definition) is 0. The molecule has 8 aromatic rings. The van der Waals surface area contributed by atoms with Crippen LogP contribution in [0.25, 0.3) is 27.8 Å². The number of anilines is 4. The first-order valence-electron chi connectivity index (χ1n) is 21.8. The van der Waals surface area contributed by atoms with Crippen LogP contribution in [0.4, 0.5) is 22.7 Å². The Kier molecular flexibility index (Phi) is 9.85. The fraction of sp³-hybridized carbons (Fsp3) is 0.119. The molecule has 0 atom stereocenters. The topological polar surface area (TPSA) is 6.48 Å². The van der Waals surface area contributed by atoms with Crippen LogP contribution in [0.15, 0.2) is 213 Å². The molecule has 1 heterocycles. The third-order valence-corrected chi connectivity index (χ3v) is 12.9. The minimum atomic E-state index is -0.506. The molecule has 0 saturated carbocycles. The largest absolute Gasteiger partial charge is 0.315 e. The SMILES string of the molecule is C=C1CC/C(N(c2ccccc2)c2c(C)ccc3c2-c2ccccc2C3)=C\N(c2cccc(C3(c4ccccc4)c4ccccc4-c4ccccc43)c2)c2ccccc21.CC. The zero-order valence-electron chi connectivity index (χ0n) is 35.3. The molecule has 2 nitrogen and oxygen atoms in total. The van der Waals surface area contributed by atoms with Crippen molar-refractivity contribution in [2.24, 2.45) is 0 Å². The van der Waals surface area contributed by atoms with E-state index >= 15 is 0 Å². The lowest BCUT2D eigenvalue weighted by Gasteiger charge is -2.37. The van der Waals surface area contributed by atoms with Crippen LogP contribution in [0.3, 0.4) is 0 Å². The molecule has 0 radical (unpaired) electrons. The highest BCUT2D eigenvalue weighted by Gasteiger charge is 2.46. The average Bonchev–Trinajstić information content (AvgIpc) is 3.85. The Labute approximate surface area is 361 Å². The molecule has 61 heavy (non-hydrogen) atoms. The molecular weight excluding hydrogens is 737 g/mol. The van der Waals surface area contributed by atoms with Gasteiger partial charge in [0.2, 0.25) is 0 Å². The summed E-state index contributed by atoms with van der Waals surface area (Å²) < 4.78 is 0. The zero-order valence-corrected chi connectivity index (χ0v) is 35.3. The Hall–Kier alpha value is -7.16. The van der Waals surface area contributed by atoms with Crippen LogP contribution in [0, 0.1) is 6.92 Å². The number of nitrogens with zero attached hydrogens (tertiary/aromatic N) is 2. The number of benzene rings is 8. The Morgan fingerprint density at radius 2 is 1.11 bits per heavy atom. The van der Waals surface area contributed by atoms with Crippen molar-refractivity contribution in [3.63, 3.8) is 0 Å². The van der Waals surface area contributed by atoms with Gasteiger partial charge in [-0.2, -0.15) is 0 Å². The van der Waals surface area contributed by atoms with Gasteiger partial charge in [-0.3, -0.25) is 0 Å². The quantitative estimate of drug-likeness (QED) is 0.166. The molecule has 2 aliphatic carbocycles. The number of hydrogen-bond acceptors (Lipinski definition) is 2. The first-order valence-corrected chi connectivity index (χ1v) is 21.8. The second kappa shape index (κ2) is 15.8. The van der Waals surface area contributed by atoms with Crippen LogP contribution in [0.5, 0.6) is 0 Å². The lowest BCUT2D eigenvalue weighted by atomic mass is 9.67. The van der Waals surface area contributed by atoms with E-state index in [9.17, 15) is 0 Å². The molecule has 3 aliphatic rings. The fourth-order valence-electron chi connectivity index (χ4n) is 10.3. The minimum absolute atomic E-state index is 0.506. The molecule has 0 N–H and O–H groups in total. The van der Waals surface area contributed by atoms with Crippen LogP contribution in [0.2, 0.25) is 0 Å². The molecule has 0 spiro atoms. The first kappa shape index (κ1) is 38.1. The van der Waals surface area contributed by atoms with E-state index in [1.165, 1.54) is 78.1 Å². The maximum atomic E-state index is 4.74. The molecule has 2 heteroatoms. The number of allylic oxidation sites excluding steroid dienone is 2. The highest BCUT2D eigenvalue weighted by atomic mass is 15.2. The van der Waals surface area contributed by atoms with Crippen molar-refractivity contribution < 1.29 is 0 Å². The second-order valence-corrected chi connectivity index (χ2v) is 16.1. The molecule has 0 saturated heterocycles. The van der Waals surface area contributed by atoms with E-state index in [4.69, 9.17) is 6.58 Å². The van der Waals surface area contributed by atoms with Crippen LogP contribution < -0.4 is 9.80 Å². The predicted octanol–water partition coefficient (Wildman–Crippen LogP) is 15.6. The highest BCUT2D eigenvalue weighted by Crippen LogP contribution is 2.57. The van der Waals surface area contributed by atoms with Crippen LogP contribution in [-0.2, 0) is 11.8 Å². The van der Waals surface area contributed by atoms with Crippen molar-refractivity contribution in [3.8, 4) is 22.3 Å². The van der Waals surface area contributed by atoms with Gasteiger partial charge in [0.15, 0.2) is 0 Å². The molecule has 0 amide bonds. The average molecular weight is 787 g/mol. The Morgan fingerprint density at radius 1 is 0.525 bits per heavy atom. The van der Waals surface area contributed by atoms with E-state index in [0.29, 0.717) is 0 Å². The minimum Gasteiger partial charge on any atom is -0.315 e. The highest BCUT2D eigenvalue weighted by molar-refractivity contribution is 5.94. The van der Waals surface area contributed by atoms with E-state index in [0.717, 1.165) is 41.9 Å². The van der Waals surface area contributed by atoms with Gasteiger partial charge in [0.05, 0.1) is 16.8 Å². The van der Waals surface area contributed by atoms with Crippen LogP contribution >= 0.6 is 0 Å². The third-order valence-electron chi connectivity index (χ3n) is 12.9. The molecule has 1 aliphatic heterocycles. The van der Waals surface area contributed by atoms with Gasteiger partial charge in [-0.15, -0.1) is 0 Å². The zero-order chi connectivity index (χ0) is 41.5. The van der Waals surface area contributed by atoms with Crippen LogP contribution in [0.1, 0.15) is 71.2 Å². The lowest BCUT2D eigenvalue weighted by Crippen LogP contribution is -2.29. The van der Waals surface area contributed by atoms with Crippen molar-refractivity contribution in [1.29, 1.82) is 0 Å². The molecule has 296 valence electrons. The number of para-hydroxylation sites is 2. The molecule has 0 aromatic heterocycles. The summed E-state index contributed by atoms with van der Waals surface area (Å²) in [5, 5.41) is 0. The monoisotopic (exact) mass is 786 g/mol. The summed E-state index contributed by atoms with van der Waals surface area (Å²) in [6.07, 6.45) is 5.02. The van der Waals surface area contributed by atoms with E-state index in [2.05, 4.69) is 217 Å². The smallest absolute Gasteiger partial charge is 0.0714 e. The number of fused-ring (bicyclic) bond motifs is 7. The summed E-state index contributed by atoms with van der Waals surface area (Å²) in [5.74, 6) is 0. The summed E-state index contributed by atoms with van der Waals surface area (Å²) in [4.78, 5) is 4.98. The lowest BCUT2D eigenvalue weighted by molar-refractivity contribution is 0.768. The van der Waals surface area contributed by atoms with Gasteiger partial charge in [-0.05, 0) is 118 Å². The van der Waals surface area contributed by atoms with Gasteiger partial charge >= 0.3 is 0 Å². The van der Waals surface area contributed by atoms with E-state index in [1.807, 2.05) is 13.8 Å². The normalized spacial score (nSPS) is 15.0. The van der Waals surface area contributed by atoms with Crippen molar-refractivity contribution in [2.75, 3.05) is 9.80 Å². The van der Waals surface area contributed by atoms with Gasteiger partial charge in [-0.25, -0.2) is 0 Å². The van der Waals surface area contributed by atoms with Gasteiger partial charge in [0.25, 0.3) is 0 Å². The van der Waals surface area contributed by atoms with Crippen molar-refractivity contribution in [3.05, 3.63) is 257 Å². The summed E-state index contributed by atoms with van der Waals surface area (Å²) in [6, 6.07) is 71.7. The second-order valence-electron chi connectivity index (χ2n) is 16.1. The standard InChI is InChI=1S/C57H44N2.C2H6/c1-39-33-35-47(59(45-22-7-4-8-23-45)56-40(2)32-34-42-36-41-18-9-10-26-49(41)55(42)56)38-58(54-31-16-13-25-48(39)54)46-24-17-21-44(37-46)57(43-19-5-3-6-20-43)52-29-14-11-27-50(52)51-28-12-15-30-53(51)57;1-2/h3-32,34,37-38H,1,33,35-36H2,2H3;1-2H3/b47-38+;. The first-order chi connectivity index (χ1) is 30.1. The maximum Gasteiger partial charge on any atom is 0.0714 e. The summed E-state index contributed by atoms with van der Waals surface area (Å²) in [5.41, 5.74) is 22.0. The molecule has 11 rings (SSSR count). The molecule has 0 unspecified atom stereocenters. The predicted molar refractivity (Wildman–Crippen MR) is 258 cm³/mol. The van der Waals surface area contributed by atoms with Gasteiger partial charge in [-0.1, -0.05) is 184 Å². The van der Waals surface area contributed by atoms with E-state index in [-0.39, 0.29) is 0 Å². The van der Waals surface area contributed by atoms with Gasteiger partial charge in [0.1, 0.15) is 0 Å². The Balaban J connectivity index is 0.00000220. The fourth-order valence-corrected chi connectivity index (χ4v) is 10.3. The number of aryl methyl sites for hydroxylation is 1. The van der Waals surface area contributed by atoms with E-state index < -0.39 is 5.41 Å². The van der Waals surface area contributed by atoms with Crippen molar-refractivity contribution in [1.82, 2.24) is 0 Å². The molecule has 0 fully saturated rings. The maximum absolute atomic E-state index is 4.74. The summed E-state index contributed by atoms with van der Waals surface area (Å²) in [7, 11) is 0. The van der Waals surface area contributed by atoms with Crippen molar-refractivity contribution in [2.45, 2.75) is 45.4 Å². The molecule has 8 aromatic carbocycles. The summed E-state index contributed by atoms with van der Waals surface area (Å²) >= 11 is 0.